The van der Waals surface area contributed by atoms with Crippen LogP contribution in [0.1, 0.15) is 86.0 Å². The number of thioether (sulfide) groups is 1. The third kappa shape index (κ3) is 22.4. The number of carbonyl (C=O) groups excluding carboxylic acids is 9. The third-order valence-electron chi connectivity index (χ3n) is 8.97. The molecule has 0 aromatic carbocycles. The second-order valence-electron chi connectivity index (χ2n) is 15.3. The molecule has 8 atom stereocenters. The van der Waals surface area contributed by atoms with Crippen LogP contribution in [0.25, 0.3) is 0 Å². The predicted octanol–water partition coefficient (Wildman–Crippen LogP) is -4.47. The van der Waals surface area contributed by atoms with E-state index in [-0.39, 0.29) is 38.0 Å². The maximum Gasteiger partial charge on any atom is 0.326 e. The van der Waals surface area contributed by atoms with Gasteiger partial charge in [-0.05, 0) is 75.8 Å². The van der Waals surface area contributed by atoms with Crippen molar-refractivity contribution in [2.24, 2.45) is 34.8 Å². The van der Waals surface area contributed by atoms with Crippen molar-refractivity contribution < 1.29 is 58.2 Å². The van der Waals surface area contributed by atoms with Gasteiger partial charge in [0.25, 0.3) is 0 Å². The average Bonchev–Trinajstić information content (AvgIpc) is 3.16. The first-order valence-electron chi connectivity index (χ1n) is 20.0. The lowest BCUT2D eigenvalue weighted by molar-refractivity contribution is -0.142. The summed E-state index contributed by atoms with van der Waals surface area (Å²) in [6.07, 6.45) is 1.22. The van der Waals surface area contributed by atoms with Crippen LogP contribution in [0.3, 0.4) is 0 Å². The van der Waals surface area contributed by atoms with Gasteiger partial charge in [-0.1, -0.05) is 27.7 Å². The third-order valence-corrected chi connectivity index (χ3v) is 9.62. The van der Waals surface area contributed by atoms with Crippen LogP contribution >= 0.6 is 11.8 Å². The highest BCUT2D eigenvalue weighted by molar-refractivity contribution is 7.98. The Bertz CT molecular complexity index is 1520. The van der Waals surface area contributed by atoms with E-state index in [4.69, 9.17) is 22.9 Å². The highest BCUT2D eigenvalue weighted by atomic mass is 32.2. The Morgan fingerprint density at radius 3 is 1.51 bits per heavy atom. The fourth-order valence-electron chi connectivity index (χ4n) is 5.56. The van der Waals surface area contributed by atoms with Gasteiger partial charge in [0.15, 0.2) is 0 Å². The standard InChI is InChI=1S/C37H67N11O12S/c1-18(2)15-24(33(55)42-21(10-11-27(40)50)31(53)44-23(37(59)60)9-7-8-13-38)45-32(54)22(12-14-61-6)43-34(56)25(16-28(41)51)46-35(57)26(17-49)47-36(58)29(19(3)4)48-30(52)20(5)39/h18-26,29,49H,7-17,38-39H2,1-6H3,(H2,40,50)(H2,41,51)(H,42,55)(H,43,56)(H,44,53)(H,45,54)(H,46,57)(H,47,58)(H,48,52)(H,59,60). The molecule has 0 heterocycles. The molecule has 8 unspecified atom stereocenters. The van der Waals surface area contributed by atoms with Crippen molar-refractivity contribution in [3.8, 4) is 0 Å². The summed E-state index contributed by atoms with van der Waals surface area (Å²) in [4.78, 5) is 128. The minimum atomic E-state index is -1.72. The van der Waals surface area contributed by atoms with E-state index in [0.717, 1.165) is 0 Å². The first-order valence-corrected chi connectivity index (χ1v) is 21.4. The summed E-state index contributed by atoms with van der Waals surface area (Å²) in [5.74, 6) is -9.90. The maximum atomic E-state index is 13.8. The Morgan fingerprint density at radius 1 is 0.574 bits per heavy atom. The first-order chi connectivity index (χ1) is 28.5. The molecular formula is C37H67N11O12S. The van der Waals surface area contributed by atoms with Crippen molar-refractivity contribution >= 4 is 70.9 Å². The van der Waals surface area contributed by atoms with Gasteiger partial charge in [0.2, 0.25) is 53.2 Å². The van der Waals surface area contributed by atoms with E-state index in [1.807, 2.05) is 0 Å². The average molecular weight is 890 g/mol. The molecule has 0 saturated carbocycles. The Labute approximate surface area is 359 Å². The molecule has 0 aromatic rings. The summed E-state index contributed by atoms with van der Waals surface area (Å²) < 4.78 is 0. The van der Waals surface area contributed by atoms with Crippen LogP contribution in [0.2, 0.25) is 0 Å². The number of nitrogens with one attached hydrogen (secondary N) is 7. The minimum absolute atomic E-state index is 0.0169. The Kier molecular flexibility index (Phi) is 26.8. The number of carboxylic acid groups (broad SMARTS) is 1. The van der Waals surface area contributed by atoms with Gasteiger partial charge in [0, 0.05) is 6.42 Å². The van der Waals surface area contributed by atoms with Crippen LogP contribution in [0, 0.1) is 11.8 Å². The van der Waals surface area contributed by atoms with Crippen LogP contribution in [0.15, 0.2) is 0 Å². The fraction of sp³-hybridized carbons (Fsp3) is 0.730. The van der Waals surface area contributed by atoms with Crippen molar-refractivity contribution in [1.82, 2.24) is 37.2 Å². The summed E-state index contributed by atoms with van der Waals surface area (Å²) in [6.45, 7) is 7.45. The van der Waals surface area contributed by atoms with Crippen LogP contribution in [0.5, 0.6) is 0 Å². The molecule has 9 amide bonds. The molecule has 0 aliphatic rings. The minimum Gasteiger partial charge on any atom is -0.480 e. The molecule has 0 aromatic heterocycles. The van der Waals surface area contributed by atoms with E-state index in [1.165, 1.54) is 18.7 Å². The number of aliphatic hydroxyl groups is 1. The second-order valence-corrected chi connectivity index (χ2v) is 16.3. The smallest absolute Gasteiger partial charge is 0.326 e. The molecule has 0 bridgehead atoms. The number of aliphatic hydroxyl groups excluding tert-OH is 1. The van der Waals surface area contributed by atoms with E-state index in [9.17, 15) is 58.2 Å². The SMILES string of the molecule is CSCCC(NC(=O)C(CC(N)=O)NC(=O)C(CO)NC(=O)C(NC(=O)C(C)N)C(C)C)C(=O)NC(CC(C)C)C(=O)NC(CCC(N)=O)C(=O)NC(CCCCN)C(=O)O. The number of unbranched alkanes of at least 4 members (excludes halogenated alkanes) is 1. The number of hydrogen-bond acceptors (Lipinski definition) is 14. The van der Waals surface area contributed by atoms with E-state index >= 15 is 0 Å². The zero-order valence-electron chi connectivity index (χ0n) is 35.7. The Balaban J connectivity index is 6.34. The lowest BCUT2D eigenvalue weighted by Crippen LogP contribution is -2.61. The molecule has 0 aliphatic heterocycles. The van der Waals surface area contributed by atoms with Gasteiger partial charge < -0.3 is 70.4 Å². The number of primary amides is 2. The van der Waals surface area contributed by atoms with Crippen molar-refractivity contribution in [2.45, 2.75) is 134 Å². The molecular weight excluding hydrogens is 823 g/mol. The summed E-state index contributed by atoms with van der Waals surface area (Å²) in [6, 6.07) is -11.0. The molecule has 0 spiro atoms. The lowest BCUT2D eigenvalue weighted by Gasteiger charge is -2.28. The quantitative estimate of drug-likeness (QED) is 0.0292. The van der Waals surface area contributed by atoms with Crippen molar-refractivity contribution in [3.05, 3.63) is 0 Å². The molecule has 17 N–H and O–H groups in total. The van der Waals surface area contributed by atoms with Crippen LogP contribution in [-0.2, 0) is 47.9 Å². The molecule has 0 aliphatic carbocycles. The number of amides is 9. The van der Waals surface area contributed by atoms with Gasteiger partial charge in [0.05, 0.1) is 19.1 Å². The largest absolute Gasteiger partial charge is 0.480 e. The number of rotatable bonds is 31. The number of nitrogens with two attached hydrogens (primary N) is 4. The molecule has 0 radical (unpaired) electrons. The first kappa shape index (κ1) is 55.9. The fourth-order valence-corrected chi connectivity index (χ4v) is 6.03. The monoisotopic (exact) mass is 889 g/mol. The second kappa shape index (κ2) is 29.2. The number of hydrogen-bond donors (Lipinski definition) is 13. The number of carbonyl (C=O) groups is 10. The van der Waals surface area contributed by atoms with Crippen LogP contribution in [-0.4, -0.2) is 143 Å². The Morgan fingerprint density at radius 2 is 1.05 bits per heavy atom. The summed E-state index contributed by atoms with van der Waals surface area (Å²) >= 11 is 1.31. The zero-order valence-corrected chi connectivity index (χ0v) is 36.6. The normalized spacial score (nSPS) is 15.1. The van der Waals surface area contributed by atoms with Gasteiger partial charge >= 0.3 is 5.97 Å². The molecule has 24 heteroatoms. The summed E-state index contributed by atoms with van der Waals surface area (Å²) in [7, 11) is 0. The Hall–Kier alpha value is -5.07. The van der Waals surface area contributed by atoms with Gasteiger partial charge in [-0.3, -0.25) is 43.2 Å². The highest BCUT2D eigenvalue weighted by Gasteiger charge is 2.35. The summed E-state index contributed by atoms with van der Waals surface area (Å²) in [5.41, 5.74) is 21.7. The molecule has 61 heavy (non-hydrogen) atoms. The van der Waals surface area contributed by atoms with Crippen molar-refractivity contribution in [1.29, 1.82) is 0 Å². The van der Waals surface area contributed by atoms with Crippen molar-refractivity contribution in [2.75, 3.05) is 25.2 Å². The molecule has 0 rings (SSSR count). The topological polar surface area (TPSA) is 399 Å². The van der Waals surface area contributed by atoms with E-state index < -0.39 is 126 Å². The number of carboxylic acids is 1. The lowest BCUT2D eigenvalue weighted by atomic mass is 10.0. The molecule has 348 valence electrons. The van der Waals surface area contributed by atoms with E-state index in [1.54, 1.807) is 34.0 Å². The van der Waals surface area contributed by atoms with E-state index in [0.29, 0.717) is 25.1 Å². The molecule has 23 nitrogen and oxygen atoms in total. The highest BCUT2D eigenvalue weighted by Crippen LogP contribution is 2.11. The molecule has 0 fully saturated rings. The van der Waals surface area contributed by atoms with Gasteiger partial charge in [0.1, 0.15) is 42.3 Å². The zero-order chi connectivity index (χ0) is 47.0. The number of aliphatic carboxylic acids is 1. The predicted molar refractivity (Wildman–Crippen MR) is 224 cm³/mol. The van der Waals surface area contributed by atoms with E-state index in [2.05, 4.69) is 37.2 Å². The van der Waals surface area contributed by atoms with Crippen LogP contribution < -0.4 is 60.2 Å². The van der Waals surface area contributed by atoms with Gasteiger partial charge in [-0.2, -0.15) is 11.8 Å². The van der Waals surface area contributed by atoms with Gasteiger partial charge in [-0.15, -0.1) is 0 Å². The van der Waals surface area contributed by atoms with Crippen molar-refractivity contribution in [3.63, 3.8) is 0 Å². The molecule has 0 saturated heterocycles. The summed E-state index contributed by atoms with van der Waals surface area (Å²) in [5, 5.41) is 36.5. The maximum absolute atomic E-state index is 13.8. The van der Waals surface area contributed by atoms with Crippen LogP contribution in [0.4, 0.5) is 0 Å². The van der Waals surface area contributed by atoms with Gasteiger partial charge in [-0.25, -0.2) is 4.79 Å².